The van der Waals surface area contributed by atoms with Crippen LogP contribution in [-0.4, -0.2) is 42.6 Å². The second-order valence-electron chi connectivity index (χ2n) is 5.43. The molecule has 11 heteroatoms. The molecule has 1 aromatic carbocycles. The first-order chi connectivity index (χ1) is 12.2. The summed E-state index contributed by atoms with van der Waals surface area (Å²) in [5.74, 6) is -0.284. The summed E-state index contributed by atoms with van der Waals surface area (Å²) in [6, 6.07) is 3.98. The maximum absolute atomic E-state index is 13.5. The Kier molecular flexibility index (Phi) is 6.95. The smallest absolute Gasteiger partial charge is 0.249 e. The minimum absolute atomic E-state index is 0.0756. The number of rotatable bonds is 8. The standard InChI is InChI=1S/C15H19FN4O3S3/c1-4-8-24-15-19-18-14(25-15)17-13(21)10(2)20(26(3,22)23)12-7-5-6-11(16)9-12/h5-7,9-10H,4,8H2,1-3H3,(H,17,18,21)/t10-/m1/s1. The van der Waals surface area contributed by atoms with Crippen LogP contribution in [0.1, 0.15) is 20.3 Å². The fourth-order valence-electron chi connectivity index (χ4n) is 2.14. The minimum atomic E-state index is -3.81. The highest BCUT2D eigenvalue weighted by Crippen LogP contribution is 2.27. The predicted octanol–water partition coefficient (Wildman–Crippen LogP) is 2.97. The fraction of sp³-hybridized carbons (Fsp3) is 0.400. The van der Waals surface area contributed by atoms with E-state index in [0.29, 0.717) is 0 Å². The molecule has 0 spiro atoms. The van der Waals surface area contributed by atoms with Crippen molar-refractivity contribution < 1.29 is 17.6 Å². The lowest BCUT2D eigenvalue weighted by molar-refractivity contribution is -0.116. The first kappa shape index (κ1) is 20.6. The van der Waals surface area contributed by atoms with Gasteiger partial charge in [-0.15, -0.1) is 10.2 Å². The largest absolute Gasteiger partial charge is 0.299 e. The highest BCUT2D eigenvalue weighted by molar-refractivity contribution is 8.01. The molecule has 26 heavy (non-hydrogen) atoms. The molecule has 1 N–H and O–H groups in total. The Labute approximate surface area is 160 Å². The first-order valence-electron chi connectivity index (χ1n) is 7.74. The van der Waals surface area contributed by atoms with Gasteiger partial charge in [-0.25, -0.2) is 12.8 Å². The summed E-state index contributed by atoms with van der Waals surface area (Å²) in [5, 5.41) is 10.7. The van der Waals surface area contributed by atoms with Crippen LogP contribution in [0, 0.1) is 5.82 Å². The first-order valence-corrected chi connectivity index (χ1v) is 11.4. The lowest BCUT2D eigenvalue weighted by atomic mass is 10.2. The summed E-state index contributed by atoms with van der Waals surface area (Å²) < 4.78 is 39.4. The lowest BCUT2D eigenvalue weighted by Crippen LogP contribution is -2.45. The van der Waals surface area contributed by atoms with Gasteiger partial charge >= 0.3 is 0 Å². The number of nitrogens with zero attached hydrogens (tertiary/aromatic N) is 3. The van der Waals surface area contributed by atoms with E-state index in [4.69, 9.17) is 0 Å². The van der Waals surface area contributed by atoms with Gasteiger partial charge < -0.3 is 0 Å². The van der Waals surface area contributed by atoms with Crippen molar-refractivity contribution in [2.24, 2.45) is 0 Å². The Morgan fingerprint density at radius 1 is 1.42 bits per heavy atom. The molecule has 0 saturated carbocycles. The van der Waals surface area contributed by atoms with Crippen molar-refractivity contribution in [3.8, 4) is 0 Å². The molecule has 0 aliphatic rings. The third-order valence-electron chi connectivity index (χ3n) is 3.22. The number of hydrogen-bond acceptors (Lipinski definition) is 7. The summed E-state index contributed by atoms with van der Waals surface area (Å²) in [6.07, 6.45) is 1.95. The third-order valence-corrected chi connectivity index (χ3v) is 6.64. The van der Waals surface area contributed by atoms with Crippen LogP contribution >= 0.6 is 23.1 Å². The zero-order valence-corrected chi connectivity index (χ0v) is 16.9. The molecule has 7 nitrogen and oxygen atoms in total. The topological polar surface area (TPSA) is 92.3 Å². The molecule has 2 aromatic rings. The Morgan fingerprint density at radius 3 is 2.77 bits per heavy atom. The molecule has 0 fully saturated rings. The van der Waals surface area contributed by atoms with Crippen LogP contribution < -0.4 is 9.62 Å². The molecular weight excluding hydrogens is 399 g/mol. The van der Waals surface area contributed by atoms with Crippen LogP contribution in [-0.2, 0) is 14.8 Å². The normalized spacial score (nSPS) is 12.6. The van der Waals surface area contributed by atoms with Crippen molar-refractivity contribution in [3.63, 3.8) is 0 Å². The number of benzene rings is 1. The average molecular weight is 419 g/mol. The third kappa shape index (κ3) is 5.39. The summed E-state index contributed by atoms with van der Waals surface area (Å²) in [7, 11) is -3.81. The molecule has 0 aliphatic carbocycles. The summed E-state index contributed by atoms with van der Waals surface area (Å²) in [6.45, 7) is 3.47. The van der Waals surface area contributed by atoms with Crippen LogP contribution in [0.25, 0.3) is 0 Å². The molecule has 2 rings (SSSR count). The van der Waals surface area contributed by atoms with Crippen LogP contribution in [0.15, 0.2) is 28.6 Å². The number of anilines is 2. The number of carbonyl (C=O) groups excluding carboxylic acids is 1. The Bertz CT molecular complexity index is 873. The van der Waals surface area contributed by atoms with E-state index in [1.54, 1.807) is 0 Å². The zero-order valence-electron chi connectivity index (χ0n) is 14.5. The Morgan fingerprint density at radius 2 is 2.15 bits per heavy atom. The summed E-state index contributed by atoms with van der Waals surface area (Å²) in [4.78, 5) is 12.5. The lowest BCUT2D eigenvalue weighted by Gasteiger charge is -2.27. The van der Waals surface area contributed by atoms with Gasteiger partial charge in [0.15, 0.2) is 4.34 Å². The van der Waals surface area contributed by atoms with E-state index in [2.05, 4.69) is 15.5 Å². The van der Waals surface area contributed by atoms with Gasteiger partial charge in [-0.3, -0.25) is 14.4 Å². The van der Waals surface area contributed by atoms with Crippen LogP contribution in [0.2, 0.25) is 0 Å². The molecule has 0 saturated heterocycles. The fourth-order valence-corrected chi connectivity index (χ4v) is 4.99. The van der Waals surface area contributed by atoms with Gasteiger partial charge in [0.25, 0.3) is 0 Å². The van der Waals surface area contributed by atoms with E-state index in [9.17, 15) is 17.6 Å². The molecule has 0 bridgehead atoms. The zero-order chi connectivity index (χ0) is 19.3. The maximum Gasteiger partial charge on any atom is 0.249 e. The van der Waals surface area contributed by atoms with Crippen molar-refractivity contribution in [2.45, 2.75) is 30.6 Å². The number of carbonyl (C=O) groups is 1. The van der Waals surface area contributed by atoms with Crippen LogP contribution in [0.5, 0.6) is 0 Å². The van der Waals surface area contributed by atoms with Gasteiger partial charge in [-0.1, -0.05) is 36.1 Å². The molecule has 1 heterocycles. The number of hydrogen-bond donors (Lipinski definition) is 1. The quantitative estimate of drug-likeness (QED) is 0.523. The second kappa shape index (κ2) is 8.78. The molecule has 0 aliphatic heterocycles. The van der Waals surface area contributed by atoms with Gasteiger partial charge in [0.1, 0.15) is 11.9 Å². The number of aromatic nitrogens is 2. The minimum Gasteiger partial charge on any atom is -0.299 e. The van der Waals surface area contributed by atoms with Crippen molar-refractivity contribution in [2.75, 3.05) is 21.6 Å². The molecule has 0 radical (unpaired) electrons. The summed E-state index contributed by atoms with van der Waals surface area (Å²) in [5.41, 5.74) is 0.0756. The van der Waals surface area contributed by atoms with E-state index in [-0.39, 0.29) is 10.8 Å². The maximum atomic E-state index is 13.5. The van der Waals surface area contributed by atoms with Crippen molar-refractivity contribution in [1.82, 2.24) is 10.2 Å². The Balaban J connectivity index is 2.19. The molecule has 0 unspecified atom stereocenters. The predicted molar refractivity (Wildman–Crippen MR) is 103 cm³/mol. The van der Waals surface area contributed by atoms with E-state index < -0.39 is 27.8 Å². The average Bonchev–Trinajstić information content (AvgIpc) is 2.99. The second-order valence-corrected chi connectivity index (χ2v) is 9.60. The van der Waals surface area contributed by atoms with Gasteiger partial charge in [-0.05, 0) is 31.5 Å². The number of nitrogens with one attached hydrogen (secondary N) is 1. The SMILES string of the molecule is CCCSc1nnc(NC(=O)[C@@H](C)N(c2cccc(F)c2)S(C)(=O)=O)s1. The van der Waals surface area contributed by atoms with Gasteiger partial charge in [-0.2, -0.15) is 0 Å². The van der Waals surface area contributed by atoms with E-state index in [0.717, 1.165) is 33.1 Å². The molecule has 1 atom stereocenters. The highest BCUT2D eigenvalue weighted by Gasteiger charge is 2.30. The highest BCUT2D eigenvalue weighted by atomic mass is 32.2. The molecular formula is C15H19FN4O3S3. The number of thioether (sulfide) groups is 1. The van der Waals surface area contributed by atoms with Crippen molar-refractivity contribution in [3.05, 3.63) is 30.1 Å². The van der Waals surface area contributed by atoms with E-state index >= 15 is 0 Å². The van der Waals surface area contributed by atoms with Gasteiger partial charge in [0.2, 0.25) is 21.1 Å². The van der Waals surface area contributed by atoms with Gasteiger partial charge in [0, 0.05) is 5.75 Å². The van der Waals surface area contributed by atoms with Crippen LogP contribution in [0.4, 0.5) is 15.2 Å². The number of sulfonamides is 1. The monoisotopic (exact) mass is 418 g/mol. The molecule has 1 aromatic heterocycles. The van der Waals surface area contributed by atoms with E-state index in [1.807, 2.05) is 6.92 Å². The van der Waals surface area contributed by atoms with Crippen molar-refractivity contribution >= 4 is 49.8 Å². The summed E-state index contributed by atoms with van der Waals surface area (Å²) >= 11 is 2.75. The van der Waals surface area contributed by atoms with E-state index in [1.165, 1.54) is 48.2 Å². The molecule has 1 amide bonds. The van der Waals surface area contributed by atoms with Gasteiger partial charge in [0.05, 0.1) is 11.9 Å². The number of halogens is 1. The number of amides is 1. The Hall–Kier alpha value is -1.72. The van der Waals surface area contributed by atoms with Crippen molar-refractivity contribution in [1.29, 1.82) is 0 Å². The molecule has 142 valence electrons. The van der Waals surface area contributed by atoms with Crippen LogP contribution in [0.3, 0.4) is 0 Å².